The molecule has 80 valence electrons. The Kier molecular flexibility index (Phi) is 1.65. The van der Waals surface area contributed by atoms with Crippen molar-refractivity contribution in [3.63, 3.8) is 0 Å². The van der Waals surface area contributed by atoms with E-state index in [4.69, 9.17) is 0 Å². The van der Waals surface area contributed by atoms with Gasteiger partial charge in [-0.2, -0.15) is 0 Å². The topological polar surface area (TPSA) is 92.3 Å². The third-order valence-corrected chi connectivity index (χ3v) is 3.82. The zero-order valence-corrected chi connectivity index (χ0v) is 8.51. The van der Waals surface area contributed by atoms with Gasteiger partial charge in [-0.25, -0.2) is 0 Å². The molecule has 1 saturated heterocycles. The Labute approximate surface area is 93.1 Å². The number of fused-ring (bicyclic) bond motifs is 1. The van der Waals surface area contributed by atoms with Crippen LogP contribution < -0.4 is 10.6 Å². The van der Waals surface area contributed by atoms with Crippen molar-refractivity contribution in [3.8, 4) is 0 Å². The third kappa shape index (κ3) is 1.03. The van der Waals surface area contributed by atoms with Crippen molar-refractivity contribution in [3.05, 3.63) is 22.1 Å². The molecule has 1 atom stereocenters. The largest absolute Gasteiger partial charge is 0.291 e. The Morgan fingerprint density at radius 2 is 1.75 bits per heavy atom. The maximum Gasteiger partial charge on any atom is 0.265 e. The lowest BCUT2D eigenvalue weighted by molar-refractivity contribution is -0.125. The van der Waals surface area contributed by atoms with E-state index in [-0.39, 0.29) is 16.1 Å². The molecular formula is C9H4N2O4S. The van der Waals surface area contributed by atoms with Gasteiger partial charge in [0.25, 0.3) is 17.7 Å². The number of carbonyl (C=O) groups is 4. The number of hydrogen-bond acceptors (Lipinski definition) is 5. The first-order chi connectivity index (χ1) is 7.58. The number of thioether (sulfide) groups is 1. The summed E-state index contributed by atoms with van der Waals surface area (Å²) in [6.45, 7) is 0. The van der Waals surface area contributed by atoms with Crippen LogP contribution in [0.2, 0.25) is 0 Å². The molecule has 3 heterocycles. The average molecular weight is 236 g/mol. The van der Waals surface area contributed by atoms with Crippen molar-refractivity contribution in [2.45, 2.75) is 5.25 Å². The molecule has 1 unspecified atom stereocenters. The van der Waals surface area contributed by atoms with E-state index in [9.17, 15) is 19.2 Å². The molecule has 0 spiro atoms. The number of nitrogens with one attached hydrogen (secondary N) is 2. The van der Waals surface area contributed by atoms with E-state index < -0.39 is 28.9 Å². The van der Waals surface area contributed by atoms with Gasteiger partial charge >= 0.3 is 0 Å². The van der Waals surface area contributed by atoms with Gasteiger partial charge in [0.15, 0.2) is 0 Å². The highest BCUT2D eigenvalue weighted by molar-refractivity contribution is 8.05. The Morgan fingerprint density at radius 3 is 2.50 bits per heavy atom. The monoisotopic (exact) mass is 236 g/mol. The van der Waals surface area contributed by atoms with Gasteiger partial charge in [-0.05, 0) is 6.08 Å². The molecule has 0 aromatic heterocycles. The van der Waals surface area contributed by atoms with Crippen LogP contribution in [0.4, 0.5) is 0 Å². The van der Waals surface area contributed by atoms with Gasteiger partial charge < -0.3 is 0 Å². The highest BCUT2D eigenvalue weighted by Crippen LogP contribution is 2.39. The van der Waals surface area contributed by atoms with Crippen molar-refractivity contribution in [1.82, 2.24) is 10.6 Å². The Bertz CT molecular complexity index is 546. The van der Waals surface area contributed by atoms with E-state index in [1.165, 1.54) is 6.08 Å². The van der Waals surface area contributed by atoms with Crippen LogP contribution in [0.5, 0.6) is 0 Å². The fourth-order valence-corrected chi connectivity index (χ4v) is 2.88. The van der Waals surface area contributed by atoms with E-state index in [2.05, 4.69) is 10.6 Å². The van der Waals surface area contributed by atoms with Crippen LogP contribution in [0.25, 0.3) is 0 Å². The van der Waals surface area contributed by atoms with Crippen molar-refractivity contribution < 1.29 is 19.2 Å². The molecule has 4 amide bonds. The van der Waals surface area contributed by atoms with E-state index in [0.29, 0.717) is 0 Å². The van der Waals surface area contributed by atoms with E-state index in [1.807, 2.05) is 0 Å². The van der Waals surface area contributed by atoms with Crippen LogP contribution in [-0.2, 0) is 19.2 Å². The Hall–Kier alpha value is -1.89. The normalized spacial score (nSPS) is 27.5. The van der Waals surface area contributed by atoms with Crippen LogP contribution in [0, 0.1) is 0 Å². The molecule has 0 bridgehead atoms. The summed E-state index contributed by atoms with van der Waals surface area (Å²) in [5, 5.41) is 3.55. The number of hydrogen-bond donors (Lipinski definition) is 2. The van der Waals surface area contributed by atoms with Crippen molar-refractivity contribution >= 4 is 35.4 Å². The fraction of sp³-hybridized carbons (Fsp3) is 0.111. The molecule has 0 aromatic rings. The second-order valence-corrected chi connectivity index (χ2v) is 4.56. The molecule has 6 nitrogen and oxygen atoms in total. The summed E-state index contributed by atoms with van der Waals surface area (Å²) in [6, 6.07) is 0. The maximum absolute atomic E-state index is 11.4. The van der Waals surface area contributed by atoms with Gasteiger partial charge in [0.05, 0.1) is 10.5 Å². The molecule has 16 heavy (non-hydrogen) atoms. The lowest BCUT2D eigenvalue weighted by Gasteiger charge is -2.12. The molecule has 0 saturated carbocycles. The molecule has 3 rings (SSSR count). The van der Waals surface area contributed by atoms with Crippen LogP contribution >= 0.6 is 11.8 Å². The first-order valence-electron chi connectivity index (χ1n) is 4.41. The van der Waals surface area contributed by atoms with Crippen molar-refractivity contribution in [2.24, 2.45) is 0 Å². The lowest BCUT2D eigenvalue weighted by atomic mass is 10.1. The molecule has 0 aliphatic carbocycles. The molecule has 3 aliphatic rings. The number of imide groups is 2. The zero-order chi connectivity index (χ0) is 11.4. The summed E-state index contributed by atoms with van der Waals surface area (Å²) in [6.07, 6.45) is 1.32. The first kappa shape index (κ1) is 9.34. The van der Waals surface area contributed by atoms with Gasteiger partial charge in [-0.3, -0.25) is 29.8 Å². The molecular weight excluding hydrogens is 232 g/mol. The van der Waals surface area contributed by atoms with Crippen LogP contribution in [0.1, 0.15) is 0 Å². The SMILES string of the molecule is O=C1NC(=O)C2SC3=C(C=C12)C(=O)NC3=O. The Balaban J connectivity index is 2.13. The van der Waals surface area contributed by atoms with Crippen LogP contribution in [0.3, 0.4) is 0 Å². The molecule has 0 aromatic carbocycles. The summed E-state index contributed by atoms with van der Waals surface area (Å²) in [4.78, 5) is 45.6. The summed E-state index contributed by atoms with van der Waals surface area (Å²) < 4.78 is 0. The molecule has 1 fully saturated rings. The Morgan fingerprint density at radius 1 is 1.00 bits per heavy atom. The first-order valence-corrected chi connectivity index (χ1v) is 5.29. The van der Waals surface area contributed by atoms with Crippen LogP contribution in [-0.4, -0.2) is 28.9 Å². The zero-order valence-electron chi connectivity index (χ0n) is 7.70. The fourth-order valence-electron chi connectivity index (χ4n) is 1.74. The van der Waals surface area contributed by atoms with Gasteiger partial charge in [-0.1, -0.05) is 0 Å². The maximum atomic E-state index is 11.4. The minimum absolute atomic E-state index is 0.172. The van der Waals surface area contributed by atoms with Gasteiger partial charge in [0.1, 0.15) is 5.25 Å². The quantitative estimate of drug-likeness (QED) is 0.504. The summed E-state index contributed by atoms with van der Waals surface area (Å²) >= 11 is 0.942. The predicted molar refractivity (Wildman–Crippen MR) is 52.8 cm³/mol. The van der Waals surface area contributed by atoms with Gasteiger partial charge in [0.2, 0.25) is 5.91 Å². The highest BCUT2D eigenvalue weighted by atomic mass is 32.2. The van der Waals surface area contributed by atoms with Crippen molar-refractivity contribution in [2.75, 3.05) is 0 Å². The van der Waals surface area contributed by atoms with E-state index >= 15 is 0 Å². The average Bonchev–Trinajstić information content (AvgIpc) is 2.67. The minimum Gasteiger partial charge on any atom is -0.291 e. The van der Waals surface area contributed by atoms with E-state index in [0.717, 1.165) is 11.8 Å². The van der Waals surface area contributed by atoms with Crippen LogP contribution in [0.15, 0.2) is 22.1 Å². The second kappa shape index (κ2) is 2.82. The van der Waals surface area contributed by atoms with Crippen molar-refractivity contribution in [1.29, 1.82) is 0 Å². The number of amides is 4. The van der Waals surface area contributed by atoms with Gasteiger partial charge in [0, 0.05) is 5.57 Å². The number of rotatable bonds is 0. The molecule has 3 aliphatic heterocycles. The smallest absolute Gasteiger partial charge is 0.265 e. The highest BCUT2D eigenvalue weighted by Gasteiger charge is 2.44. The standard InChI is InChI=1S/C9H4N2O4S/c12-6-2-1-3-5(9(15)11-7(3)13)16-4(2)8(14)10-6/h1,4H,(H,10,12,14)(H,11,13,15). The minimum atomic E-state index is -0.706. The second-order valence-electron chi connectivity index (χ2n) is 3.44. The summed E-state index contributed by atoms with van der Waals surface area (Å²) in [5.74, 6) is -1.97. The molecule has 7 heteroatoms. The van der Waals surface area contributed by atoms with Gasteiger partial charge in [-0.15, -0.1) is 11.8 Å². The third-order valence-electron chi connectivity index (χ3n) is 2.48. The van der Waals surface area contributed by atoms with E-state index in [1.54, 1.807) is 0 Å². The summed E-state index contributed by atoms with van der Waals surface area (Å²) in [5.41, 5.74) is 0.407. The molecule has 0 radical (unpaired) electrons. The predicted octanol–water partition coefficient (Wildman–Crippen LogP) is -1.40. The number of carbonyl (C=O) groups excluding carboxylic acids is 4. The summed E-state index contributed by atoms with van der Waals surface area (Å²) in [7, 11) is 0. The lowest BCUT2D eigenvalue weighted by Crippen LogP contribution is -2.24. The molecule has 2 N–H and O–H groups in total.